The molecule has 3 rings (SSSR count). The molecule has 0 radical (unpaired) electrons. The third-order valence-corrected chi connectivity index (χ3v) is 5.15. The minimum Gasteiger partial charge on any atom is -0.314 e. The van der Waals surface area contributed by atoms with Crippen LogP contribution in [0.4, 0.5) is 0 Å². The Kier molecular flexibility index (Phi) is 3.45. The lowest BCUT2D eigenvalue weighted by Crippen LogP contribution is -2.44. The Labute approximate surface area is 107 Å². The Hall–Kier alpha value is -0.450. The Bertz CT molecular complexity index is 366. The van der Waals surface area contributed by atoms with Gasteiger partial charge in [-0.25, -0.2) is 4.98 Å². The number of rotatable bonds is 3. The van der Waals surface area contributed by atoms with E-state index in [0.29, 0.717) is 6.04 Å². The molecule has 94 valence electrons. The van der Waals surface area contributed by atoms with E-state index in [1.807, 2.05) is 11.3 Å². The number of hydrogen-bond donors (Lipinski definition) is 1. The maximum Gasteiger partial charge on any atom is 0.0959 e. The molecular weight excluding hydrogens is 230 g/mol. The first-order valence-electron chi connectivity index (χ1n) is 6.74. The van der Waals surface area contributed by atoms with Crippen LogP contribution in [0.25, 0.3) is 0 Å². The molecule has 1 aliphatic heterocycles. The van der Waals surface area contributed by atoms with E-state index >= 15 is 0 Å². The zero-order valence-corrected chi connectivity index (χ0v) is 11.3. The third-order valence-electron chi connectivity index (χ3n) is 4.12. The average Bonchev–Trinajstić information content (AvgIpc) is 2.76. The van der Waals surface area contributed by atoms with Gasteiger partial charge in [0.25, 0.3) is 0 Å². The van der Waals surface area contributed by atoms with Crippen molar-refractivity contribution in [3.8, 4) is 0 Å². The molecule has 4 heteroatoms. The molecular formula is C13H21N3S. The van der Waals surface area contributed by atoms with Crippen LogP contribution in [0.5, 0.6) is 0 Å². The van der Waals surface area contributed by atoms with E-state index in [4.69, 9.17) is 4.98 Å². The quantitative estimate of drug-likeness (QED) is 0.894. The first kappa shape index (κ1) is 11.6. The van der Waals surface area contributed by atoms with Gasteiger partial charge in [0.1, 0.15) is 0 Å². The lowest BCUT2D eigenvalue weighted by atomic mass is 9.86. The Balaban J connectivity index is 1.67. The fourth-order valence-electron chi connectivity index (χ4n) is 2.59. The summed E-state index contributed by atoms with van der Waals surface area (Å²) in [6, 6.07) is 0.488. The molecule has 1 unspecified atom stereocenters. The van der Waals surface area contributed by atoms with E-state index < -0.39 is 0 Å². The molecule has 0 aromatic carbocycles. The molecule has 1 saturated carbocycles. The van der Waals surface area contributed by atoms with E-state index in [9.17, 15) is 0 Å². The molecule has 1 aromatic rings. The van der Waals surface area contributed by atoms with Gasteiger partial charge in [-0.2, -0.15) is 0 Å². The molecule has 3 nitrogen and oxygen atoms in total. The lowest BCUT2D eigenvalue weighted by molar-refractivity contribution is 0.182. The normalized spacial score (nSPS) is 24.5. The van der Waals surface area contributed by atoms with Crippen LogP contribution >= 0.6 is 11.3 Å². The number of hydrogen-bond acceptors (Lipinski definition) is 4. The Morgan fingerprint density at radius 2 is 2.18 bits per heavy atom. The summed E-state index contributed by atoms with van der Waals surface area (Å²) in [4.78, 5) is 7.40. The second-order valence-electron chi connectivity index (χ2n) is 5.20. The number of nitrogens with one attached hydrogen (secondary N) is 1. The zero-order valence-electron chi connectivity index (χ0n) is 10.5. The van der Waals surface area contributed by atoms with Gasteiger partial charge in [-0.05, 0) is 19.8 Å². The van der Waals surface area contributed by atoms with Gasteiger partial charge in [-0.1, -0.05) is 6.42 Å². The van der Waals surface area contributed by atoms with E-state index in [1.165, 1.54) is 30.0 Å². The summed E-state index contributed by atoms with van der Waals surface area (Å²) >= 11 is 1.87. The summed E-state index contributed by atoms with van der Waals surface area (Å²) in [6.07, 6.45) is 4.11. The van der Waals surface area contributed by atoms with Crippen molar-refractivity contribution in [1.82, 2.24) is 15.2 Å². The molecule has 1 N–H and O–H groups in total. The van der Waals surface area contributed by atoms with Crippen molar-refractivity contribution in [3.63, 3.8) is 0 Å². The fourth-order valence-corrected chi connectivity index (χ4v) is 3.67. The molecule has 1 aliphatic carbocycles. The Morgan fingerprint density at radius 3 is 2.82 bits per heavy atom. The van der Waals surface area contributed by atoms with Gasteiger partial charge in [0, 0.05) is 37.5 Å². The molecule has 1 saturated heterocycles. The molecule has 0 spiro atoms. The largest absolute Gasteiger partial charge is 0.314 e. The van der Waals surface area contributed by atoms with Gasteiger partial charge in [-0.3, -0.25) is 4.90 Å². The van der Waals surface area contributed by atoms with Gasteiger partial charge in [0.15, 0.2) is 0 Å². The predicted molar refractivity (Wildman–Crippen MR) is 71.6 cm³/mol. The van der Waals surface area contributed by atoms with Crippen molar-refractivity contribution in [2.45, 2.75) is 38.1 Å². The average molecular weight is 251 g/mol. The minimum atomic E-state index is 0.488. The van der Waals surface area contributed by atoms with Crippen LogP contribution in [0.15, 0.2) is 5.38 Å². The summed E-state index contributed by atoms with van der Waals surface area (Å²) in [5.74, 6) is 0.781. The standard InChI is InChI=1S/C13H21N3S/c1-10(16-7-5-14-6-8-16)12-9-17-13(15-12)11-3-2-4-11/h9-11,14H,2-8H2,1H3. The van der Waals surface area contributed by atoms with Crippen molar-refractivity contribution in [1.29, 1.82) is 0 Å². The van der Waals surface area contributed by atoms with Crippen molar-refractivity contribution >= 4 is 11.3 Å². The number of thiazole rings is 1. The van der Waals surface area contributed by atoms with Crippen LogP contribution in [0, 0.1) is 0 Å². The minimum absolute atomic E-state index is 0.488. The van der Waals surface area contributed by atoms with E-state index in [0.717, 1.165) is 32.1 Å². The summed E-state index contributed by atoms with van der Waals surface area (Å²) in [5.41, 5.74) is 1.29. The monoisotopic (exact) mass is 251 g/mol. The van der Waals surface area contributed by atoms with Crippen molar-refractivity contribution in [2.24, 2.45) is 0 Å². The van der Waals surface area contributed by atoms with Crippen molar-refractivity contribution in [2.75, 3.05) is 26.2 Å². The second-order valence-corrected chi connectivity index (χ2v) is 6.09. The van der Waals surface area contributed by atoms with Crippen LogP contribution in [0.2, 0.25) is 0 Å². The molecule has 1 atom stereocenters. The second kappa shape index (κ2) is 5.04. The predicted octanol–water partition coefficient (Wildman–Crippen LogP) is 2.38. The molecule has 2 heterocycles. The molecule has 0 bridgehead atoms. The summed E-state index contributed by atoms with van der Waals surface area (Å²) in [6.45, 7) is 6.83. The molecule has 17 heavy (non-hydrogen) atoms. The van der Waals surface area contributed by atoms with Gasteiger partial charge < -0.3 is 5.32 Å². The van der Waals surface area contributed by atoms with Gasteiger partial charge in [0.2, 0.25) is 0 Å². The molecule has 0 amide bonds. The summed E-state index contributed by atoms with van der Waals surface area (Å²) in [5, 5.41) is 7.06. The highest BCUT2D eigenvalue weighted by Gasteiger charge is 2.25. The molecule has 1 aromatic heterocycles. The van der Waals surface area contributed by atoms with Crippen LogP contribution < -0.4 is 5.32 Å². The van der Waals surface area contributed by atoms with Crippen LogP contribution in [0.3, 0.4) is 0 Å². The highest BCUT2D eigenvalue weighted by Crippen LogP contribution is 2.38. The topological polar surface area (TPSA) is 28.2 Å². The van der Waals surface area contributed by atoms with Gasteiger partial charge in [-0.15, -0.1) is 11.3 Å². The number of nitrogens with zero attached hydrogens (tertiary/aromatic N) is 2. The van der Waals surface area contributed by atoms with Crippen LogP contribution in [0.1, 0.15) is 48.8 Å². The third kappa shape index (κ3) is 2.39. The number of piperazine rings is 1. The maximum atomic E-state index is 4.86. The van der Waals surface area contributed by atoms with Crippen molar-refractivity contribution in [3.05, 3.63) is 16.1 Å². The fraction of sp³-hybridized carbons (Fsp3) is 0.769. The van der Waals surface area contributed by atoms with Crippen molar-refractivity contribution < 1.29 is 0 Å². The lowest BCUT2D eigenvalue weighted by Gasteiger charge is -2.32. The maximum absolute atomic E-state index is 4.86. The number of aromatic nitrogens is 1. The summed E-state index contributed by atoms with van der Waals surface area (Å²) < 4.78 is 0. The summed E-state index contributed by atoms with van der Waals surface area (Å²) in [7, 11) is 0. The SMILES string of the molecule is CC(c1csc(C2CCC2)n1)N1CCNCC1. The van der Waals surface area contributed by atoms with Crippen LogP contribution in [-0.4, -0.2) is 36.1 Å². The van der Waals surface area contributed by atoms with E-state index in [-0.39, 0.29) is 0 Å². The zero-order chi connectivity index (χ0) is 11.7. The highest BCUT2D eigenvalue weighted by molar-refractivity contribution is 7.09. The van der Waals surface area contributed by atoms with E-state index in [1.54, 1.807) is 0 Å². The van der Waals surface area contributed by atoms with Gasteiger partial charge in [0.05, 0.1) is 16.7 Å². The van der Waals surface area contributed by atoms with E-state index in [2.05, 4.69) is 22.5 Å². The van der Waals surface area contributed by atoms with Crippen LogP contribution in [-0.2, 0) is 0 Å². The highest BCUT2D eigenvalue weighted by atomic mass is 32.1. The first-order valence-corrected chi connectivity index (χ1v) is 7.62. The smallest absolute Gasteiger partial charge is 0.0959 e. The molecule has 2 fully saturated rings. The first-order chi connectivity index (χ1) is 8.34. The van der Waals surface area contributed by atoms with Gasteiger partial charge >= 0.3 is 0 Å². The molecule has 2 aliphatic rings. The Morgan fingerprint density at radius 1 is 1.41 bits per heavy atom.